The molecule has 0 saturated carbocycles. The summed E-state index contributed by atoms with van der Waals surface area (Å²) in [5.41, 5.74) is 1.95. The molecule has 3 aromatic carbocycles. The maximum atomic E-state index is 12.9. The third-order valence-corrected chi connectivity index (χ3v) is 4.51. The van der Waals surface area contributed by atoms with Crippen LogP contribution in [0, 0.1) is 12.7 Å². The van der Waals surface area contributed by atoms with Crippen LogP contribution in [0.2, 0.25) is 0 Å². The molecule has 8 heteroatoms. The molecule has 2 amide bonds. The number of benzene rings is 3. The molecule has 3 aromatic rings. The lowest BCUT2D eigenvalue weighted by atomic mass is 10.2. The zero-order valence-corrected chi connectivity index (χ0v) is 18.0. The summed E-state index contributed by atoms with van der Waals surface area (Å²) in [5, 5.41) is 5.16. The van der Waals surface area contributed by atoms with E-state index in [1.807, 2.05) is 31.2 Å². The highest BCUT2D eigenvalue weighted by molar-refractivity contribution is 5.94. The fraction of sp³-hybridized carbons (Fsp3) is 0.160. The van der Waals surface area contributed by atoms with Crippen LogP contribution in [-0.4, -0.2) is 24.4 Å². The Kier molecular flexibility index (Phi) is 8.13. The number of esters is 1. The number of para-hydroxylation sites is 1. The van der Waals surface area contributed by atoms with Crippen LogP contribution >= 0.6 is 0 Å². The predicted octanol–water partition coefficient (Wildman–Crippen LogP) is 4.83. The van der Waals surface area contributed by atoms with Crippen LogP contribution in [0.3, 0.4) is 0 Å². The second kappa shape index (κ2) is 11.4. The first-order valence-corrected chi connectivity index (χ1v) is 10.2. The lowest BCUT2D eigenvalue weighted by Crippen LogP contribution is -2.21. The van der Waals surface area contributed by atoms with Gasteiger partial charge in [-0.25, -0.2) is 4.39 Å². The van der Waals surface area contributed by atoms with Gasteiger partial charge in [0.05, 0.1) is 6.42 Å². The number of aryl methyl sites for hydroxylation is 1. The molecule has 0 bridgehead atoms. The fourth-order valence-corrected chi connectivity index (χ4v) is 2.79. The Morgan fingerprint density at radius 3 is 2.06 bits per heavy atom. The number of halogens is 1. The molecule has 0 aliphatic carbocycles. The number of hydrogen-bond acceptors (Lipinski definition) is 5. The second-order valence-corrected chi connectivity index (χ2v) is 7.16. The fourth-order valence-electron chi connectivity index (χ4n) is 2.79. The van der Waals surface area contributed by atoms with Crippen molar-refractivity contribution in [3.05, 3.63) is 84.2 Å². The molecule has 0 atom stereocenters. The number of amides is 2. The average molecular weight is 450 g/mol. The van der Waals surface area contributed by atoms with Crippen LogP contribution in [0.4, 0.5) is 15.8 Å². The largest absolute Gasteiger partial charge is 0.457 e. The van der Waals surface area contributed by atoms with Crippen LogP contribution in [0.15, 0.2) is 72.8 Å². The van der Waals surface area contributed by atoms with Gasteiger partial charge in [0.1, 0.15) is 17.3 Å². The molecule has 0 unspecified atom stereocenters. The van der Waals surface area contributed by atoms with Gasteiger partial charge in [0, 0.05) is 17.8 Å². The van der Waals surface area contributed by atoms with Gasteiger partial charge < -0.3 is 20.1 Å². The summed E-state index contributed by atoms with van der Waals surface area (Å²) in [6, 6.07) is 19.7. The van der Waals surface area contributed by atoms with Crippen LogP contribution < -0.4 is 15.4 Å². The van der Waals surface area contributed by atoms with E-state index in [-0.39, 0.29) is 18.7 Å². The van der Waals surface area contributed by atoms with E-state index in [4.69, 9.17) is 9.47 Å². The normalized spacial score (nSPS) is 10.2. The molecule has 3 rings (SSSR count). The number of hydrogen-bond donors (Lipinski definition) is 2. The minimum absolute atomic E-state index is 0.0973. The summed E-state index contributed by atoms with van der Waals surface area (Å²) < 4.78 is 23.5. The first kappa shape index (κ1) is 23.5. The standard InChI is InChI=1S/C25H23FN2O5/c1-17-4-2-3-5-22(17)33-21-12-10-20(11-13-21)27-23(29)14-15-25(31)32-16-24(30)28-19-8-6-18(26)7-9-19/h2-13H,14-16H2,1H3,(H,27,29)(H,28,30). The summed E-state index contributed by atoms with van der Waals surface area (Å²) in [6.45, 7) is 1.45. The van der Waals surface area contributed by atoms with Gasteiger partial charge in [0.15, 0.2) is 6.61 Å². The van der Waals surface area contributed by atoms with Crippen molar-refractivity contribution < 1.29 is 28.2 Å². The van der Waals surface area contributed by atoms with Crippen molar-refractivity contribution in [3.8, 4) is 11.5 Å². The summed E-state index contributed by atoms with van der Waals surface area (Å²) in [5.74, 6) is -0.655. The summed E-state index contributed by atoms with van der Waals surface area (Å²) in [7, 11) is 0. The SMILES string of the molecule is Cc1ccccc1Oc1ccc(NC(=O)CCC(=O)OCC(=O)Nc2ccc(F)cc2)cc1. The maximum absolute atomic E-state index is 12.9. The first-order valence-electron chi connectivity index (χ1n) is 10.2. The molecule has 170 valence electrons. The van der Waals surface area contributed by atoms with E-state index in [0.717, 1.165) is 11.3 Å². The zero-order valence-electron chi connectivity index (χ0n) is 18.0. The number of nitrogens with one attached hydrogen (secondary N) is 2. The Morgan fingerprint density at radius 2 is 1.39 bits per heavy atom. The van der Waals surface area contributed by atoms with E-state index in [0.29, 0.717) is 17.1 Å². The van der Waals surface area contributed by atoms with E-state index < -0.39 is 24.3 Å². The third kappa shape index (κ3) is 7.77. The van der Waals surface area contributed by atoms with Crippen LogP contribution in [0.25, 0.3) is 0 Å². The van der Waals surface area contributed by atoms with Gasteiger partial charge in [-0.1, -0.05) is 18.2 Å². The van der Waals surface area contributed by atoms with Crippen LogP contribution in [-0.2, 0) is 19.1 Å². The van der Waals surface area contributed by atoms with Crippen molar-refractivity contribution >= 4 is 29.2 Å². The Hall–Kier alpha value is -4.20. The predicted molar refractivity (Wildman–Crippen MR) is 122 cm³/mol. The molecule has 0 radical (unpaired) electrons. The van der Waals surface area contributed by atoms with Gasteiger partial charge in [0.25, 0.3) is 5.91 Å². The maximum Gasteiger partial charge on any atom is 0.306 e. The minimum atomic E-state index is -0.679. The molecule has 0 spiro atoms. The first-order chi connectivity index (χ1) is 15.9. The molecule has 0 saturated heterocycles. The van der Waals surface area contributed by atoms with Crippen LogP contribution in [0.1, 0.15) is 18.4 Å². The van der Waals surface area contributed by atoms with Crippen LogP contribution in [0.5, 0.6) is 11.5 Å². The Bertz CT molecular complexity index is 1110. The molecule has 33 heavy (non-hydrogen) atoms. The zero-order chi connectivity index (χ0) is 23.6. The van der Waals surface area contributed by atoms with E-state index in [1.165, 1.54) is 24.3 Å². The molecule has 0 aliphatic heterocycles. The molecule has 0 fully saturated rings. The third-order valence-electron chi connectivity index (χ3n) is 4.51. The summed E-state index contributed by atoms with van der Waals surface area (Å²) >= 11 is 0. The number of carbonyl (C=O) groups is 3. The monoisotopic (exact) mass is 450 g/mol. The van der Waals surface area contributed by atoms with Gasteiger partial charge in [-0.2, -0.15) is 0 Å². The smallest absolute Gasteiger partial charge is 0.306 e. The second-order valence-electron chi connectivity index (χ2n) is 7.16. The van der Waals surface area contributed by atoms with E-state index >= 15 is 0 Å². The molecular weight excluding hydrogens is 427 g/mol. The van der Waals surface area contributed by atoms with Gasteiger partial charge in [-0.05, 0) is 67.1 Å². The Morgan fingerprint density at radius 1 is 0.788 bits per heavy atom. The highest BCUT2D eigenvalue weighted by Gasteiger charge is 2.11. The van der Waals surface area contributed by atoms with Crippen molar-refractivity contribution in [2.24, 2.45) is 0 Å². The molecular formula is C25H23FN2O5. The van der Waals surface area contributed by atoms with Gasteiger partial charge in [-0.15, -0.1) is 0 Å². The number of anilines is 2. The molecule has 0 heterocycles. The van der Waals surface area contributed by atoms with Crippen molar-refractivity contribution in [2.75, 3.05) is 17.2 Å². The lowest BCUT2D eigenvalue weighted by Gasteiger charge is -2.10. The van der Waals surface area contributed by atoms with E-state index in [2.05, 4.69) is 10.6 Å². The van der Waals surface area contributed by atoms with Gasteiger partial charge >= 0.3 is 5.97 Å². The Labute approximate surface area is 190 Å². The molecule has 0 aliphatic rings. The van der Waals surface area contributed by atoms with Crippen molar-refractivity contribution in [3.63, 3.8) is 0 Å². The summed E-state index contributed by atoms with van der Waals surface area (Å²) in [6.07, 6.45) is -0.274. The highest BCUT2D eigenvalue weighted by Crippen LogP contribution is 2.25. The van der Waals surface area contributed by atoms with Gasteiger partial charge in [0.2, 0.25) is 5.91 Å². The van der Waals surface area contributed by atoms with Gasteiger partial charge in [-0.3, -0.25) is 14.4 Å². The summed E-state index contributed by atoms with van der Waals surface area (Å²) in [4.78, 5) is 35.7. The topological polar surface area (TPSA) is 93.7 Å². The number of ether oxygens (including phenoxy) is 2. The lowest BCUT2D eigenvalue weighted by molar-refractivity contribution is -0.147. The molecule has 0 aromatic heterocycles. The van der Waals surface area contributed by atoms with E-state index in [9.17, 15) is 18.8 Å². The van der Waals surface area contributed by atoms with Crippen molar-refractivity contribution in [1.29, 1.82) is 0 Å². The Balaban J connectivity index is 1.37. The highest BCUT2D eigenvalue weighted by atomic mass is 19.1. The van der Waals surface area contributed by atoms with Crippen molar-refractivity contribution in [1.82, 2.24) is 0 Å². The van der Waals surface area contributed by atoms with E-state index in [1.54, 1.807) is 24.3 Å². The average Bonchev–Trinajstić information content (AvgIpc) is 2.80. The number of carbonyl (C=O) groups excluding carboxylic acids is 3. The minimum Gasteiger partial charge on any atom is -0.457 e. The number of rotatable bonds is 9. The molecule has 7 nitrogen and oxygen atoms in total. The molecule has 2 N–H and O–H groups in total. The van der Waals surface area contributed by atoms with Crippen molar-refractivity contribution in [2.45, 2.75) is 19.8 Å². The quantitative estimate of drug-likeness (QED) is 0.456.